The molecule has 4 heteroatoms. The van der Waals surface area contributed by atoms with Gasteiger partial charge >= 0.3 is 6.18 Å². The number of rotatable bonds is 1. The molecule has 1 aliphatic carbocycles. The molecule has 0 saturated carbocycles. The van der Waals surface area contributed by atoms with Crippen molar-refractivity contribution in [1.29, 1.82) is 0 Å². The second kappa shape index (κ2) is 2.83. The zero-order valence-corrected chi connectivity index (χ0v) is 7.14. The third-order valence-corrected chi connectivity index (χ3v) is 2.48. The van der Waals surface area contributed by atoms with E-state index in [9.17, 15) is 18.0 Å². The number of carbonyl (C=O) groups is 1. The predicted molar refractivity (Wildman–Crippen MR) is 44.0 cm³/mol. The minimum Gasteiger partial charge on any atom is -0.303 e. The van der Waals surface area contributed by atoms with Gasteiger partial charge in [0.25, 0.3) is 0 Å². The highest BCUT2D eigenvalue weighted by atomic mass is 19.4. The molecular formula is C10H7F3O. The number of aldehydes is 1. The van der Waals surface area contributed by atoms with Crippen LogP contribution in [-0.2, 0) is 17.4 Å². The van der Waals surface area contributed by atoms with Crippen molar-refractivity contribution >= 4 is 6.29 Å². The highest BCUT2D eigenvalue weighted by Crippen LogP contribution is 2.43. The molecule has 0 fully saturated rings. The maximum absolute atomic E-state index is 12.5. The van der Waals surface area contributed by atoms with Gasteiger partial charge in [0.2, 0.25) is 0 Å². The molecule has 1 aromatic carbocycles. The van der Waals surface area contributed by atoms with E-state index in [1.54, 1.807) is 6.07 Å². The average Bonchev–Trinajstić information content (AvgIpc) is 2.05. The Morgan fingerprint density at radius 3 is 2.64 bits per heavy atom. The van der Waals surface area contributed by atoms with E-state index in [4.69, 9.17) is 0 Å². The number of benzene rings is 1. The molecule has 1 unspecified atom stereocenters. The third kappa shape index (κ3) is 1.22. The molecule has 14 heavy (non-hydrogen) atoms. The van der Waals surface area contributed by atoms with E-state index in [0.29, 0.717) is 18.3 Å². The number of hydrogen-bond donors (Lipinski definition) is 0. The SMILES string of the molecule is O=CC1Cc2cccc(C(F)(F)F)c21. The van der Waals surface area contributed by atoms with Gasteiger partial charge in [-0.25, -0.2) is 0 Å². The molecule has 0 aromatic heterocycles. The lowest BCUT2D eigenvalue weighted by atomic mass is 9.75. The van der Waals surface area contributed by atoms with Crippen LogP contribution in [0.1, 0.15) is 22.6 Å². The maximum Gasteiger partial charge on any atom is 0.416 e. The second-order valence-electron chi connectivity index (χ2n) is 3.32. The smallest absolute Gasteiger partial charge is 0.303 e. The first-order valence-electron chi connectivity index (χ1n) is 4.18. The summed E-state index contributed by atoms with van der Waals surface area (Å²) in [5.74, 6) is -0.567. The van der Waals surface area contributed by atoms with Crippen molar-refractivity contribution in [2.45, 2.75) is 18.5 Å². The molecule has 0 N–H and O–H groups in total. The largest absolute Gasteiger partial charge is 0.416 e. The third-order valence-electron chi connectivity index (χ3n) is 2.48. The monoisotopic (exact) mass is 200 g/mol. The molecule has 1 atom stereocenters. The van der Waals surface area contributed by atoms with E-state index in [-0.39, 0.29) is 5.56 Å². The van der Waals surface area contributed by atoms with E-state index in [0.717, 1.165) is 6.07 Å². The molecule has 0 radical (unpaired) electrons. The number of halogens is 3. The molecule has 1 aromatic rings. The fourth-order valence-corrected chi connectivity index (χ4v) is 1.80. The standard InChI is InChI=1S/C10H7F3O/c11-10(12,13)8-3-1-2-6-4-7(5-14)9(6)8/h1-3,5,7H,4H2. The van der Waals surface area contributed by atoms with Gasteiger partial charge in [0.1, 0.15) is 6.29 Å². The zero-order valence-electron chi connectivity index (χ0n) is 7.14. The summed E-state index contributed by atoms with van der Waals surface area (Å²) >= 11 is 0. The summed E-state index contributed by atoms with van der Waals surface area (Å²) in [6.45, 7) is 0. The van der Waals surface area contributed by atoms with Crippen molar-refractivity contribution in [3.63, 3.8) is 0 Å². The van der Waals surface area contributed by atoms with E-state index in [1.165, 1.54) is 6.07 Å². The van der Waals surface area contributed by atoms with Crippen molar-refractivity contribution < 1.29 is 18.0 Å². The normalized spacial score (nSPS) is 19.8. The van der Waals surface area contributed by atoms with Crippen LogP contribution in [0.4, 0.5) is 13.2 Å². The van der Waals surface area contributed by atoms with Crippen LogP contribution in [0.25, 0.3) is 0 Å². The predicted octanol–water partition coefficient (Wildman–Crippen LogP) is 2.54. The van der Waals surface area contributed by atoms with Gasteiger partial charge in [0, 0.05) is 5.92 Å². The van der Waals surface area contributed by atoms with Crippen molar-refractivity contribution in [2.75, 3.05) is 0 Å². The molecule has 0 saturated heterocycles. The lowest BCUT2D eigenvalue weighted by Gasteiger charge is -2.29. The summed E-state index contributed by atoms with van der Waals surface area (Å²) in [6, 6.07) is 4.03. The minimum absolute atomic E-state index is 0.162. The van der Waals surface area contributed by atoms with Crippen LogP contribution in [0.15, 0.2) is 18.2 Å². The van der Waals surface area contributed by atoms with Crippen molar-refractivity contribution in [1.82, 2.24) is 0 Å². The Morgan fingerprint density at radius 1 is 1.36 bits per heavy atom. The first-order valence-corrected chi connectivity index (χ1v) is 4.18. The van der Waals surface area contributed by atoms with Gasteiger partial charge < -0.3 is 4.79 Å². The Bertz CT molecular complexity index is 381. The van der Waals surface area contributed by atoms with Crippen molar-refractivity contribution in [3.8, 4) is 0 Å². The zero-order chi connectivity index (χ0) is 10.3. The Hall–Kier alpha value is -1.32. The summed E-state index contributed by atoms with van der Waals surface area (Å²) in [7, 11) is 0. The Morgan fingerprint density at radius 2 is 2.07 bits per heavy atom. The van der Waals surface area contributed by atoms with Gasteiger partial charge in [-0.2, -0.15) is 13.2 Å². The topological polar surface area (TPSA) is 17.1 Å². The molecule has 0 spiro atoms. The van der Waals surface area contributed by atoms with Crippen LogP contribution in [0.5, 0.6) is 0 Å². The lowest BCUT2D eigenvalue weighted by Crippen LogP contribution is -2.24. The van der Waals surface area contributed by atoms with Gasteiger partial charge in [0.05, 0.1) is 5.56 Å². The van der Waals surface area contributed by atoms with Crippen LogP contribution in [-0.4, -0.2) is 6.29 Å². The maximum atomic E-state index is 12.5. The summed E-state index contributed by atoms with van der Waals surface area (Å²) in [5.41, 5.74) is 0.130. The number of carbonyl (C=O) groups excluding carboxylic acids is 1. The van der Waals surface area contributed by atoms with Gasteiger partial charge in [-0.05, 0) is 23.6 Å². The van der Waals surface area contributed by atoms with Crippen LogP contribution >= 0.6 is 0 Å². The molecule has 1 nitrogen and oxygen atoms in total. The quantitative estimate of drug-likeness (QED) is 0.636. The van der Waals surface area contributed by atoms with Gasteiger partial charge in [-0.1, -0.05) is 12.1 Å². The van der Waals surface area contributed by atoms with Crippen LogP contribution in [0.2, 0.25) is 0 Å². The molecule has 0 aliphatic heterocycles. The van der Waals surface area contributed by atoms with E-state index >= 15 is 0 Å². The summed E-state index contributed by atoms with van der Waals surface area (Å²) in [6.07, 6.45) is -3.34. The molecular weight excluding hydrogens is 193 g/mol. The number of alkyl halides is 3. The van der Waals surface area contributed by atoms with Crippen LogP contribution in [0.3, 0.4) is 0 Å². The van der Waals surface area contributed by atoms with Gasteiger partial charge in [0.15, 0.2) is 0 Å². The van der Waals surface area contributed by atoms with Crippen molar-refractivity contribution in [2.24, 2.45) is 0 Å². The fourth-order valence-electron chi connectivity index (χ4n) is 1.80. The van der Waals surface area contributed by atoms with E-state index in [2.05, 4.69) is 0 Å². The number of hydrogen-bond acceptors (Lipinski definition) is 1. The van der Waals surface area contributed by atoms with Gasteiger partial charge in [-0.15, -0.1) is 0 Å². The molecule has 2 rings (SSSR count). The molecule has 0 heterocycles. The van der Waals surface area contributed by atoms with Gasteiger partial charge in [-0.3, -0.25) is 0 Å². The Balaban J connectivity index is 2.53. The van der Waals surface area contributed by atoms with Crippen molar-refractivity contribution in [3.05, 3.63) is 34.9 Å². The second-order valence-corrected chi connectivity index (χ2v) is 3.32. The summed E-state index contributed by atoms with van der Waals surface area (Å²) in [4.78, 5) is 10.5. The summed E-state index contributed by atoms with van der Waals surface area (Å²) < 4.78 is 37.4. The lowest BCUT2D eigenvalue weighted by molar-refractivity contribution is -0.138. The van der Waals surface area contributed by atoms with Crippen LogP contribution in [0, 0.1) is 0 Å². The highest BCUT2D eigenvalue weighted by Gasteiger charge is 2.39. The summed E-state index contributed by atoms with van der Waals surface area (Å²) in [5, 5.41) is 0. The average molecular weight is 200 g/mol. The first kappa shape index (κ1) is 9.24. The van der Waals surface area contributed by atoms with E-state index in [1.807, 2.05) is 0 Å². The minimum atomic E-state index is -4.35. The molecule has 74 valence electrons. The van der Waals surface area contributed by atoms with Crippen LogP contribution < -0.4 is 0 Å². The molecule has 0 bridgehead atoms. The Kier molecular flexibility index (Phi) is 1.87. The fraction of sp³-hybridized carbons (Fsp3) is 0.300. The molecule has 0 amide bonds. The Labute approximate surface area is 78.5 Å². The van der Waals surface area contributed by atoms with E-state index < -0.39 is 17.7 Å². The first-order chi connectivity index (χ1) is 6.54. The number of fused-ring (bicyclic) bond motifs is 1. The highest BCUT2D eigenvalue weighted by molar-refractivity contribution is 5.70. The molecule has 1 aliphatic rings.